The number of esters is 1. The minimum Gasteiger partial charge on any atom is -0.495 e. The van der Waals surface area contributed by atoms with Crippen LogP contribution in [0.1, 0.15) is 21.6 Å². The summed E-state index contributed by atoms with van der Waals surface area (Å²) in [6.07, 6.45) is 0. The van der Waals surface area contributed by atoms with Gasteiger partial charge in [0.1, 0.15) is 12.3 Å². The smallest absolute Gasteiger partial charge is 0.338 e. The van der Waals surface area contributed by atoms with Gasteiger partial charge in [0.05, 0.1) is 30.9 Å². The van der Waals surface area contributed by atoms with Crippen LogP contribution in [0.3, 0.4) is 0 Å². The lowest BCUT2D eigenvalue weighted by molar-refractivity contribution is -0.116. The van der Waals surface area contributed by atoms with E-state index in [0.29, 0.717) is 17.1 Å². The van der Waals surface area contributed by atoms with Gasteiger partial charge in [-0.1, -0.05) is 29.8 Å². The fourth-order valence-corrected chi connectivity index (χ4v) is 3.89. The maximum absolute atomic E-state index is 13.7. The maximum atomic E-state index is 13.7. The average Bonchev–Trinajstić information content (AvgIpc) is 2.87. The van der Waals surface area contributed by atoms with Crippen molar-refractivity contribution in [1.29, 1.82) is 0 Å². The Balaban J connectivity index is 1.99. The summed E-state index contributed by atoms with van der Waals surface area (Å²) in [6.45, 7) is 2.95. The normalized spacial score (nSPS) is 10.8. The first-order valence-corrected chi connectivity index (χ1v) is 11.0. The van der Waals surface area contributed by atoms with E-state index < -0.39 is 29.7 Å². The van der Waals surface area contributed by atoms with Crippen LogP contribution in [0.25, 0.3) is 16.7 Å². The number of aryl methyl sites for hydroxylation is 2. The van der Waals surface area contributed by atoms with E-state index in [9.17, 15) is 19.2 Å². The second-order valence-corrected chi connectivity index (χ2v) is 8.10. The number of hydrogen-bond acceptors (Lipinski definition) is 7. The van der Waals surface area contributed by atoms with Gasteiger partial charge in [0.25, 0.3) is 5.56 Å². The molecule has 4 aromatic rings. The molecule has 0 saturated carbocycles. The molecule has 1 N–H and O–H groups in total. The minimum atomic E-state index is -0.840. The van der Waals surface area contributed by atoms with Gasteiger partial charge in [-0.15, -0.1) is 0 Å². The van der Waals surface area contributed by atoms with Crippen molar-refractivity contribution in [3.63, 3.8) is 0 Å². The molecule has 4 rings (SSSR count). The highest BCUT2D eigenvalue weighted by molar-refractivity contribution is 6.02. The molecule has 1 amide bonds. The number of ether oxygens (including phenoxy) is 2. The number of fused-ring (bicyclic) bond motifs is 1. The quantitative estimate of drug-likeness (QED) is 0.414. The molecule has 2 heterocycles. The summed E-state index contributed by atoms with van der Waals surface area (Å²) in [7, 11) is 2.63. The molecule has 2 aromatic heterocycles. The lowest BCUT2D eigenvalue weighted by Crippen LogP contribution is -2.43. The molecule has 0 bridgehead atoms. The number of carbonyl (C=O) groups is 2. The number of nitrogens with zero attached hydrogens (tertiary/aromatic N) is 3. The number of hydrogen-bond donors (Lipinski definition) is 1. The van der Waals surface area contributed by atoms with Crippen LogP contribution in [0.2, 0.25) is 0 Å². The van der Waals surface area contributed by atoms with E-state index >= 15 is 0 Å². The van der Waals surface area contributed by atoms with E-state index in [2.05, 4.69) is 10.3 Å². The summed E-state index contributed by atoms with van der Waals surface area (Å²) >= 11 is 0. The molecule has 0 aliphatic rings. The summed E-state index contributed by atoms with van der Waals surface area (Å²) in [6, 6.07) is 15.1. The standard InChI is InChI=1S/C26H24N4O6/c1-15-9-11-17(12-10-15)28-21(31)14-29-24(32)22-18(25(33)36-4)13-16(2)27-23(22)30(26(29)34)19-7-5-6-8-20(19)35-3/h5-13H,14H2,1-4H3,(H,28,31). The molecule has 0 fully saturated rings. The van der Waals surface area contributed by atoms with Crippen molar-refractivity contribution in [1.82, 2.24) is 14.1 Å². The number of benzene rings is 2. The molecule has 0 spiro atoms. The van der Waals surface area contributed by atoms with E-state index in [1.54, 1.807) is 43.3 Å². The third-order valence-corrected chi connectivity index (χ3v) is 5.59. The largest absolute Gasteiger partial charge is 0.495 e. The van der Waals surface area contributed by atoms with E-state index in [1.807, 2.05) is 19.1 Å². The number of nitrogens with one attached hydrogen (secondary N) is 1. The molecule has 0 saturated heterocycles. The summed E-state index contributed by atoms with van der Waals surface area (Å²) in [5, 5.41) is 2.53. The fraction of sp³-hybridized carbons (Fsp3) is 0.192. The van der Waals surface area contributed by atoms with Gasteiger partial charge in [-0.3, -0.25) is 9.59 Å². The molecule has 184 valence electrons. The molecule has 36 heavy (non-hydrogen) atoms. The van der Waals surface area contributed by atoms with Crippen molar-refractivity contribution >= 4 is 28.6 Å². The summed E-state index contributed by atoms with van der Waals surface area (Å²) in [5.74, 6) is -1.04. The van der Waals surface area contributed by atoms with E-state index in [4.69, 9.17) is 9.47 Å². The van der Waals surface area contributed by atoms with Crippen LogP contribution in [0.4, 0.5) is 5.69 Å². The highest BCUT2D eigenvalue weighted by Crippen LogP contribution is 2.24. The summed E-state index contributed by atoms with van der Waals surface area (Å²) in [5.41, 5.74) is 0.426. The van der Waals surface area contributed by atoms with Crippen LogP contribution >= 0.6 is 0 Å². The Kier molecular flexibility index (Phi) is 6.69. The third kappa shape index (κ3) is 4.48. The SMILES string of the molecule is COC(=O)c1cc(C)nc2c1c(=O)n(CC(=O)Nc1ccc(C)cc1)c(=O)n2-c1ccccc1OC. The first-order valence-electron chi connectivity index (χ1n) is 11.0. The van der Waals surface area contributed by atoms with Crippen LogP contribution < -0.4 is 21.3 Å². The zero-order valence-electron chi connectivity index (χ0n) is 20.2. The molecule has 0 unspecified atom stereocenters. The number of anilines is 1. The Hall–Kier alpha value is -4.73. The van der Waals surface area contributed by atoms with E-state index in [1.165, 1.54) is 20.3 Å². The zero-order chi connectivity index (χ0) is 26.0. The molecule has 10 heteroatoms. The monoisotopic (exact) mass is 488 g/mol. The number of rotatable bonds is 6. The molecule has 2 aromatic carbocycles. The van der Waals surface area contributed by atoms with Gasteiger partial charge in [0.15, 0.2) is 5.65 Å². The maximum Gasteiger partial charge on any atom is 0.338 e. The van der Waals surface area contributed by atoms with Crippen LogP contribution in [-0.4, -0.2) is 40.2 Å². The first kappa shape index (κ1) is 24.4. The van der Waals surface area contributed by atoms with Gasteiger partial charge in [0.2, 0.25) is 5.91 Å². The predicted octanol–water partition coefficient (Wildman–Crippen LogP) is 2.60. The molecule has 0 aliphatic heterocycles. The number of carbonyl (C=O) groups excluding carboxylic acids is 2. The van der Waals surface area contributed by atoms with Crippen molar-refractivity contribution in [2.24, 2.45) is 0 Å². The zero-order valence-corrected chi connectivity index (χ0v) is 20.2. The van der Waals surface area contributed by atoms with Crippen LogP contribution in [0.5, 0.6) is 5.75 Å². The fourth-order valence-electron chi connectivity index (χ4n) is 3.89. The second-order valence-electron chi connectivity index (χ2n) is 8.10. The molecule has 0 aliphatic carbocycles. The second kappa shape index (κ2) is 9.87. The highest BCUT2D eigenvalue weighted by atomic mass is 16.5. The Bertz CT molecular complexity index is 1600. The van der Waals surface area contributed by atoms with Gasteiger partial charge in [-0.2, -0.15) is 0 Å². The number of methoxy groups -OCH3 is 2. The van der Waals surface area contributed by atoms with Crippen molar-refractivity contribution < 1.29 is 19.1 Å². The van der Waals surface area contributed by atoms with Crippen molar-refractivity contribution in [2.45, 2.75) is 20.4 Å². The van der Waals surface area contributed by atoms with Crippen molar-refractivity contribution in [3.8, 4) is 11.4 Å². The van der Waals surface area contributed by atoms with E-state index in [-0.39, 0.29) is 22.3 Å². The van der Waals surface area contributed by atoms with Gasteiger partial charge in [-0.05, 0) is 44.2 Å². The number of para-hydroxylation sites is 2. The Morgan fingerprint density at radius 3 is 2.36 bits per heavy atom. The van der Waals surface area contributed by atoms with Crippen molar-refractivity contribution in [3.05, 3.63) is 92.3 Å². The molecule has 0 atom stereocenters. The molecule has 0 radical (unpaired) electrons. The molecule has 10 nitrogen and oxygen atoms in total. The lowest BCUT2D eigenvalue weighted by atomic mass is 10.1. The number of aromatic nitrogens is 3. The van der Waals surface area contributed by atoms with Gasteiger partial charge >= 0.3 is 11.7 Å². The van der Waals surface area contributed by atoms with Gasteiger partial charge in [0, 0.05) is 11.4 Å². The minimum absolute atomic E-state index is 0.0508. The van der Waals surface area contributed by atoms with Crippen LogP contribution in [-0.2, 0) is 16.1 Å². The average molecular weight is 489 g/mol. The summed E-state index contributed by atoms with van der Waals surface area (Å²) in [4.78, 5) is 57.1. The topological polar surface area (TPSA) is 122 Å². The van der Waals surface area contributed by atoms with Crippen LogP contribution in [0.15, 0.2) is 64.2 Å². The number of pyridine rings is 1. The Morgan fingerprint density at radius 2 is 1.69 bits per heavy atom. The Morgan fingerprint density at radius 1 is 1.00 bits per heavy atom. The van der Waals surface area contributed by atoms with E-state index in [0.717, 1.165) is 14.7 Å². The summed E-state index contributed by atoms with van der Waals surface area (Å²) < 4.78 is 12.2. The van der Waals surface area contributed by atoms with Gasteiger partial charge < -0.3 is 14.8 Å². The first-order chi connectivity index (χ1) is 17.2. The van der Waals surface area contributed by atoms with Crippen LogP contribution in [0, 0.1) is 13.8 Å². The third-order valence-electron chi connectivity index (χ3n) is 5.59. The predicted molar refractivity (Wildman–Crippen MR) is 134 cm³/mol. The van der Waals surface area contributed by atoms with Gasteiger partial charge in [-0.25, -0.2) is 23.7 Å². The number of amides is 1. The molecular formula is C26H24N4O6. The Labute approximate surface area is 205 Å². The lowest BCUT2D eigenvalue weighted by Gasteiger charge is -2.17. The highest BCUT2D eigenvalue weighted by Gasteiger charge is 2.24. The van der Waals surface area contributed by atoms with Crippen molar-refractivity contribution in [2.75, 3.05) is 19.5 Å². The molecular weight excluding hydrogens is 464 g/mol.